The maximum absolute atomic E-state index is 12.9. The maximum atomic E-state index is 12.9. The first-order valence-corrected chi connectivity index (χ1v) is 10.2. The van der Waals surface area contributed by atoms with Crippen molar-refractivity contribution in [2.45, 2.75) is 18.7 Å². The summed E-state index contributed by atoms with van der Waals surface area (Å²) in [6.07, 6.45) is -4.23. The van der Waals surface area contributed by atoms with Gasteiger partial charge in [-0.15, -0.1) is 0 Å². The average molecular weight is 414 g/mol. The van der Waals surface area contributed by atoms with Crippen molar-refractivity contribution < 1.29 is 18.3 Å². The van der Waals surface area contributed by atoms with Gasteiger partial charge in [0.2, 0.25) is 0 Å². The molecule has 0 spiro atoms. The molecule has 0 bridgehead atoms. The van der Waals surface area contributed by atoms with E-state index in [2.05, 4.69) is 11.0 Å². The molecule has 3 nitrogen and oxygen atoms in total. The number of aliphatic hydroxyl groups is 1. The Balaban J connectivity index is 1.30. The van der Waals surface area contributed by atoms with Gasteiger partial charge in [-0.1, -0.05) is 42.5 Å². The minimum Gasteiger partial charge on any atom is -0.388 e. The molecule has 1 saturated heterocycles. The zero-order chi connectivity index (χ0) is 21.1. The van der Waals surface area contributed by atoms with Crippen LogP contribution in [0.15, 0.2) is 66.7 Å². The predicted octanol–water partition coefficient (Wildman–Crippen LogP) is 5.10. The minimum atomic E-state index is -4.32. The lowest BCUT2D eigenvalue weighted by molar-refractivity contribution is -0.137. The number of benzene rings is 3. The molecular formula is C24H25F3N2O. The first kappa shape index (κ1) is 20.7. The summed E-state index contributed by atoms with van der Waals surface area (Å²) in [6.45, 7) is 3.63. The maximum Gasteiger partial charge on any atom is 0.416 e. The number of halogens is 3. The monoisotopic (exact) mass is 414 g/mol. The number of aliphatic hydroxyl groups excluding tert-OH is 1. The van der Waals surface area contributed by atoms with Gasteiger partial charge >= 0.3 is 6.18 Å². The molecular weight excluding hydrogens is 389 g/mol. The van der Waals surface area contributed by atoms with Gasteiger partial charge in [0, 0.05) is 38.4 Å². The summed E-state index contributed by atoms with van der Waals surface area (Å²) in [7, 11) is 0. The highest BCUT2D eigenvalue weighted by atomic mass is 19.4. The summed E-state index contributed by atoms with van der Waals surface area (Å²) in [5.74, 6) is 0. The van der Waals surface area contributed by atoms with Gasteiger partial charge in [-0.25, -0.2) is 0 Å². The molecule has 1 atom stereocenters. The quantitative estimate of drug-likeness (QED) is 0.629. The topological polar surface area (TPSA) is 26.7 Å². The fourth-order valence-electron chi connectivity index (χ4n) is 4.00. The zero-order valence-electron chi connectivity index (χ0n) is 16.6. The molecule has 3 aromatic rings. The van der Waals surface area contributed by atoms with Crippen molar-refractivity contribution in [1.29, 1.82) is 0 Å². The Morgan fingerprint density at radius 1 is 0.833 bits per heavy atom. The number of hydrogen-bond acceptors (Lipinski definition) is 3. The Labute approximate surface area is 174 Å². The van der Waals surface area contributed by atoms with Crippen molar-refractivity contribution in [2.75, 3.05) is 37.6 Å². The van der Waals surface area contributed by atoms with E-state index in [9.17, 15) is 18.3 Å². The third-order valence-electron chi connectivity index (χ3n) is 5.79. The molecule has 1 N–H and O–H groups in total. The highest BCUT2D eigenvalue weighted by Gasteiger charge is 2.31. The van der Waals surface area contributed by atoms with E-state index in [1.165, 1.54) is 12.1 Å². The van der Waals surface area contributed by atoms with E-state index in [-0.39, 0.29) is 0 Å². The number of anilines is 1. The van der Waals surface area contributed by atoms with Gasteiger partial charge < -0.3 is 10.0 Å². The predicted molar refractivity (Wildman–Crippen MR) is 114 cm³/mol. The molecule has 6 heteroatoms. The fraction of sp³-hybridized carbons (Fsp3) is 0.333. The lowest BCUT2D eigenvalue weighted by Crippen LogP contribution is -2.46. The van der Waals surface area contributed by atoms with Crippen LogP contribution in [0.4, 0.5) is 18.9 Å². The Morgan fingerprint density at radius 3 is 2.30 bits per heavy atom. The molecule has 3 aromatic carbocycles. The van der Waals surface area contributed by atoms with Crippen LogP contribution in [-0.4, -0.2) is 42.7 Å². The lowest BCUT2D eigenvalue weighted by Gasteiger charge is -2.36. The summed E-state index contributed by atoms with van der Waals surface area (Å²) in [5, 5.41) is 12.9. The molecule has 1 heterocycles. The van der Waals surface area contributed by atoms with Crippen molar-refractivity contribution in [3.05, 3.63) is 77.9 Å². The SMILES string of the molecule is OC(CCN1CCN(c2cccc(C(F)(F)F)c2)CC1)c1ccc2ccccc2c1. The third kappa shape index (κ3) is 4.77. The van der Waals surface area contributed by atoms with Crippen molar-refractivity contribution in [3.63, 3.8) is 0 Å². The fourth-order valence-corrected chi connectivity index (χ4v) is 4.00. The van der Waals surface area contributed by atoms with E-state index in [1.54, 1.807) is 6.07 Å². The molecule has 30 heavy (non-hydrogen) atoms. The number of fused-ring (bicyclic) bond motifs is 1. The van der Waals surface area contributed by atoms with Crippen molar-refractivity contribution in [3.8, 4) is 0 Å². The Kier molecular flexibility index (Phi) is 5.97. The van der Waals surface area contributed by atoms with Crippen LogP contribution in [0.1, 0.15) is 23.7 Å². The molecule has 4 rings (SSSR count). The zero-order valence-corrected chi connectivity index (χ0v) is 16.6. The van der Waals surface area contributed by atoms with Crippen LogP contribution in [0, 0.1) is 0 Å². The minimum absolute atomic E-state index is 0.531. The van der Waals surface area contributed by atoms with Gasteiger partial charge in [0.1, 0.15) is 0 Å². The second-order valence-electron chi connectivity index (χ2n) is 7.79. The summed E-state index contributed by atoms with van der Waals surface area (Å²) in [5.41, 5.74) is 0.915. The van der Waals surface area contributed by atoms with Gasteiger partial charge in [-0.2, -0.15) is 13.2 Å². The standard InChI is InChI=1S/C24H25F3N2O/c25-24(26,27)21-6-3-7-22(17-21)29-14-12-28(13-15-29)11-10-23(30)20-9-8-18-4-1-2-5-19(18)16-20/h1-9,16-17,23,30H,10-15H2. The highest BCUT2D eigenvalue weighted by Crippen LogP contribution is 2.32. The number of hydrogen-bond donors (Lipinski definition) is 1. The van der Waals surface area contributed by atoms with Gasteiger partial charge in [0.25, 0.3) is 0 Å². The molecule has 0 radical (unpaired) electrons. The Morgan fingerprint density at radius 2 is 1.57 bits per heavy atom. The van der Waals surface area contributed by atoms with Crippen molar-refractivity contribution in [1.82, 2.24) is 4.90 Å². The summed E-state index contributed by atoms with van der Waals surface area (Å²) in [6, 6.07) is 19.6. The lowest BCUT2D eigenvalue weighted by atomic mass is 10.0. The van der Waals surface area contributed by atoms with Crippen LogP contribution in [-0.2, 0) is 6.18 Å². The number of alkyl halides is 3. The van der Waals surface area contributed by atoms with E-state index < -0.39 is 17.8 Å². The van der Waals surface area contributed by atoms with Gasteiger partial charge in [0.15, 0.2) is 0 Å². The smallest absolute Gasteiger partial charge is 0.388 e. The second kappa shape index (κ2) is 8.66. The van der Waals surface area contributed by atoms with E-state index >= 15 is 0 Å². The van der Waals surface area contributed by atoms with E-state index in [0.717, 1.165) is 42.0 Å². The second-order valence-corrected chi connectivity index (χ2v) is 7.79. The molecule has 0 amide bonds. The van der Waals surface area contributed by atoms with Gasteiger partial charge in [0.05, 0.1) is 11.7 Å². The molecule has 158 valence electrons. The first-order valence-electron chi connectivity index (χ1n) is 10.2. The largest absolute Gasteiger partial charge is 0.416 e. The van der Waals surface area contributed by atoms with E-state index in [1.807, 2.05) is 41.3 Å². The average Bonchev–Trinajstić information content (AvgIpc) is 2.77. The molecule has 1 fully saturated rings. The molecule has 1 aliphatic rings. The summed E-state index contributed by atoms with van der Waals surface area (Å²) >= 11 is 0. The van der Waals surface area contributed by atoms with Crippen LogP contribution in [0.25, 0.3) is 10.8 Å². The number of piperazine rings is 1. The highest BCUT2D eigenvalue weighted by molar-refractivity contribution is 5.83. The number of rotatable bonds is 5. The van der Waals surface area contributed by atoms with Crippen LogP contribution >= 0.6 is 0 Å². The van der Waals surface area contributed by atoms with E-state index in [0.29, 0.717) is 25.2 Å². The first-order chi connectivity index (χ1) is 14.4. The number of nitrogens with zero attached hydrogens (tertiary/aromatic N) is 2. The molecule has 1 aliphatic heterocycles. The molecule has 0 saturated carbocycles. The van der Waals surface area contributed by atoms with Crippen LogP contribution in [0.2, 0.25) is 0 Å². The molecule has 0 aromatic heterocycles. The van der Waals surface area contributed by atoms with Crippen molar-refractivity contribution >= 4 is 16.5 Å². The van der Waals surface area contributed by atoms with Gasteiger partial charge in [-0.3, -0.25) is 4.90 Å². The van der Waals surface area contributed by atoms with Crippen LogP contribution in [0.3, 0.4) is 0 Å². The summed E-state index contributed by atoms with van der Waals surface area (Å²) in [4.78, 5) is 4.25. The summed E-state index contributed by atoms with van der Waals surface area (Å²) < 4.78 is 38.8. The Hall–Kier alpha value is -2.57. The molecule has 1 unspecified atom stereocenters. The Bertz CT molecular complexity index is 997. The van der Waals surface area contributed by atoms with Crippen molar-refractivity contribution in [2.24, 2.45) is 0 Å². The normalized spacial score (nSPS) is 16.7. The third-order valence-corrected chi connectivity index (χ3v) is 5.79. The van der Waals surface area contributed by atoms with E-state index in [4.69, 9.17) is 0 Å². The molecule has 0 aliphatic carbocycles. The van der Waals surface area contributed by atoms with Crippen LogP contribution < -0.4 is 4.90 Å². The van der Waals surface area contributed by atoms with Gasteiger partial charge in [-0.05, 0) is 47.0 Å². The van der Waals surface area contributed by atoms with Crippen LogP contribution in [0.5, 0.6) is 0 Å².